The van der Waals surface area contributed by atoms with Crippen molar-refractivity contribution in [3.63, 3.8) is 0 Å². The number of methoxy groups -OCH3 is 3. The van der Waals surface area contributed by atoms with Crippen molar-refractivity contribution in [2.24, 2.45) is 5.10 Å². The number of ether oxygens (including phenoxy) is 3. The van der Waals surface area contributed by atoms with Crippen LogP contribution in [-0.2, 0) is 0 Å². The van der Waals surface area contributed by atoms with Gasteiger partial charge in [-0.25, -0.2) is 4.98 Å². The number of aromatic amines is 1. The predicted octanol–water partition coefficient (Wildman–Crippen LogP) is 2.79. The number of nitrogens with one attached hydrogen (secondary N) is 1. The van der Waals surface area contributed by atoms with Crippen molar-refractivity contribution < 1.29 is 14.2 Å². The Balaban J connectivity index is 1.75. The maximum atomic E-state index is 12.8. The number of hydrogen-bond acceptors (Lipinski definition) is 6. The fraction of sp³-hybridized carbons (Fsp3) is 0.150. The van der Waals surface area contributed by atoms with Crippen LogP contribution in [0.3, 0.4) is 0 Å². The smallest absolute Gasteiger partial charge is 0.298 e. The minimum Gasteiger partial charge on any atom is -0.497 e. The molecule has 1 N–H and O–H groups in total. The van der Waals surface area contributed by atoms with Crippen LogP contribution in [0.4, 0.5) is 0 Å². The molecule has 8 heteroatoms. The minimum atomic E-state index is -0.295. The third kappa shape index (κ3) is 2.94. The highest BCUT2D eigenvalue weighted by atomic mass is 16.5. The standard InChI is InChI=1S/C20H18N4O4/c1-26-13-5-6-15-14(9-13)18-19(23-15)20(25)24(11-21-18)22-10-12-4-7-16(27-2)17(8-12)28-3/h4-11,23H,1-3H3. The van der Waals surface area contributed by atoms with Crippen molar-refractivity contribution in [3.8, 4) is 17.2 Å². The van der Waals surface area contributed by atoms with Gasteiger partial charge in [0.05, 0.1) is 27.5 Å². The molecular weight excluding hydrogens is 360 g/mol. The molecule has 4 rings (SSSR count). The first-order valence-corrected chi connectivity index (χ1v) is 8.48. The molecule has 0 radical (unpaired) electrons. The van der Waals surface area contributed by atoms with E-state index in [0.717, 1.165) is 16.5 Å². The second kappa shape index (κ2) is 7.07. The Hall–Kier alpha value is -3.81. The fourth-order valence-electron chi connectivity index (χ4n) is 3.00. The van der Waals surface area contributed by atoms with Gasteiger partial charge in [0, 0.05) is 10.9 Å². The quantitative estimate of drug-likeness (QED) is 0.539. The zero-order chi connectivity index (χ0) is 19.7. The maximum absolute atomic E-state index is 12.8. The molecule has 142 valence electrons. The molecule has 2 aromatic carbocycles. The summed E-state index contributed by atoms with van der Waals surface area (Å²) >= 11 is 0. The van der Waals surface area contributed by atoms with Crippen molar-refractivity contribution in [1.29, 1.82) is 0 Å². The minimum absolute atomic E-state index is 0.295. The Bertz CT molecular complexity index is 1260. The largest absolute Gasteiger partial charge is 0.497 e. The van der Waals surface area contributed by atoms with Gasteiger partial charge in [-0.3, -0.25) is 4.79 Å². The SMILES string of the molecule is COc1ccc2[nH]c3c(=O)n(N=Cc4ccc(OC)c(OC)c4)cnc3c2c1. The molecule has 8 nitrogen and oxygen atoms in total. The van der Waals surface area contributed by atoms with Crippen LogP contribution in [-0.4, -0.2) is 42.2 Å². The van der Waals surface area contributed by atoms with E-state index < -0.39 is 0 Å². The summed E-state index contributed by atoms with van der Waals surface area (Å²) in [6.07, 6.45) is 2.96. The van der Waals surface area contributed by atoms with Gasteiger partial charge in [0.1, 0.15) is 23.1 Å². The zero-order valence-corrected chi connectivity index (χ0v) is 15.6. The van der Waals surface area contributed by atoms with Crippen LogP contribution in [0.15, 0.2) is 52.6 Å². The van der Waals surface area contributed by atoms with Gasteiger partial charge >= 0.3 is 0 Å². The highest BCUT2D eigenvalue weighted by Crippen LogP contribution is 2.27. The summed E-state index contributed by atoms with van der Waals surface area (Å²) < 4.78 is 16.9. The number of fused-ring (bicyclic) bond motifs is 3. The summed E-state index contributed by atoms with van der Waals surface area (Å²) in [7, 11) is 4.73. The van der Waals surface area contributed by atoms with Crippen LogP contribution in [0.25, 0.3) is 21.9 Å². The monoisotopic (exact) mass is 378 g/mol. The highest BCUT2D eigenvalue weighted by molar-refractivity contribution is 6.04. The van der Waals surface area contributed by atoms with Crippen LogP contribution in [0, 0.1) is 0 Å². The molecule has 2 aromatic heterocycles. The van der Waals surface area contributed by atoms with Gasteiger partial charge in [-0.15, -0.1) is 0 Å². The summed E-state index contributed by atoms with van der Waals surface area (Å²) in [4.78, 5) is 20.3. The first-order valence-electron chi connectivity index (χ1n) is 8.48. The average Bonchev–Trinajstić information content (AvgIpc) is 3.11. The fourth-order valence-corrected chi connectivity index (χ4v) is 3.00. The Morgan fingerprint density at radius 3 is 2.61 bits per heavy atom. The number of aromatic nitrogens is 3. The first-order chi connectivity index (χ1) is 13.6. The molecule has 0 atom stereocenters. The maximum Gasteiger partial charge on any atom is 0.298 e. The molecule has 0 aliphatic rings. The van der Waals surface area contributed by atoms with Gasteiger partial charge < -0.3 is 19.2 Å². The van der Waals surface area contributed by atoms with E-state index in [-0.39, 0.29) is 5.56 Å². The topological polar surface area (TPSA) is 90.7 Å². The first kappa shape index (κ1) is 17.6. The third-order valence-electron chi connectivity index (χ3n) is 4.44. The molecule has 0 aliphatic carbocycles. The highest BCUT2D eigenvalue weighted by Gasteiger charge is 2.11. The summed E-state index contributed by atoms with van der Waals surface area (Å²) in [6.45, 7) is 0. The van der Waals surface area contributed by atoms with Gasteiger partial charge in [-0.1, -0.05) is 0 Å². The van der Waals surface area contributed by atoms with E-state index in [1.54, 1.807) is 39.7 Å². The number of nitrogens with zero attached hydrogens (tertiary/aromatic N) is 3. The lowest BCUT2D eigenvalue weighted by Crippen LogP contribution is -2.17. The van der Waals surface area contributed by atoms with E-state index >= 15 is 0 Å². The molecular formula is C20H18N4O4. The van der Waals surface area contributed by atoms with Crippen molar-refractivity contribution in [2.45, 2.75) is 0 Å². The van der Waals surface area contributed by atoms with Crippen molar-refractivity contribution in [2.75, 3.05) is 21.3 Å². The average molecular weight is 378 g/mol. The Morgan fingerprint density at radius 2 is 1.86 bits per heavy atom. The summed E-state index contributed by atoms with van der Waals surface area (Å²) in [5, 5.41) is 5.06. The summed E-state index contributed by atoms with van der Waals surface area (Å²) in [5.74, 6) is 1.90. The molecule has 0 bridgehead atoms. The number of hydrogen-bond donors (Lipinski definition) is 1. The van der Waals surface area contributed by atoms with Crippen molar-refractivity contribution in [3.05, 3.63) is 58.6 Å². The van der Waals surface area contributed by atoms with Crippen LogP contribution in [0.5, 0.6) is 17.2 Å². The third-order valence-corrected chi connectivity index (χ3v) is 4.44. The molecule has 0 spiro atoms. The Labute approximate surface area is 160 Å². The molecule has 0 fully saturated rings. The van der Waals surface area contributed by atoms with E-state index in [0.29, 0.717) is 28.3 Å². The molecule has 4 aromatic rings. The van der Waals surface area contributed by atoms with E-state index in [1.807, 2.05) is 24.3 Å². The second-order valence-electron chi connectivity index (χ2n) is 6.01. The van der Waals surface area contributed by atoms with Crippen LogP contribution in [0.2, 0.25) is 0 Å². The normalized spacial score (nSPS) is 11.4. The molecule has 0 saturated heterocycles. The Morgan fingerprint density at radius 1 is 1.04 bits per heavy atom. The molecule has 28 heavy (non-hydrogen) atoms. The molecule has 0 aliphatic heterocycles. The number of benzene rings is 2. The van der Waals surface area contributed by atoms with Crippen LogP contribution < -0.4 is 19.8 Å². The number of rotatable bonds is 5. The summed E-state index contributed by atoms with van der Waals surface area (Å²) in [5.41, 5.74) is 2.23. The lowest BCUT2D eigenvalue weighted by molar-refractivity contribution is 0.355. The van der Waals surface area contributed by atoms with Gasteiger partial charge in [0.2, 0.25) is 0 Å². The van der Waals surface area contributed by atoms with Crippen LogP contribution in [0.1, 0.15) is 5.56 Å². The Kier molecular flexibility index (Phi) is 4.44. The summed E-state index contributed by atoms with van der Waals surface area (Å²) in [6, 6.07) is 10.9. The van der Waals surface area contributed by atoms with E-state index in [1.165, 1.54) is 11.0 Å². The van der Waals surface area contributed by atoms with E-state index in [9.17, 15) is 4.79 Å². The molecule has 0 amide bonds. The van der Waals surface area contributed by atoms with Gasteiger partial charge in [0.25, 0.3) is 5.56 Å². The second-order valence-corrected chi connectivity index (χ2v) is 6.01. The lowest BCUT2D eigenvalue weighted by atomic mass is 10.2. The van der Waals surface area contributed by atoms with Gasteiger partial charge in [0.15, 0.2) is 11.5 Å². The van der Waals surface area contributed by atoms with E-state index in [4.69, 9.17) is 14.2 Å². The van der Waals surface area contributed by atoms with E-state index in [2.05, 4.69) is 15.1 Å². The molecule has 0 unspecified atom stereocenters. The zero-order valence-electron chi connectivity index (χ0n) is 15.6. The lowest BCUT2D eigenvalue weighted by Gasteiger charge is -2.07. The molecule has 2 heterocycles. The molecule has 0 saturated carbocycles. The van der Waals surface area contributed by atoms with Gasteiger partial charge in [-0.05, 0) is 42.0 Å². The van der Waals surface area contributed by atoms with Crippen molar-refractivity contribution >= 4 is 28.2 Å². The van der Waals surface area contributed by atoms with Crippen LogP contribution >= 0.6 is 0 Å². The predicted molar refractivity (Wildman–Crippen MR) is 107 cm³/mol. The van der Waals surface area contributed by atoms with Crippen molar-refractivity contribution in [1.82, 2.24) is 14.6 Å². The van der Waals surface area contributed by atoms with Gasteiger partial charge in [-0.2, -0.15) is 9.78 Å². The number of H-pyrrole nitrogens is 1.